The highest BCUT2D eigenvalue weighted by atomic mass is 79.9. The summed E-state index contributed by atoms with van der Waals surface area (Å²) in [5.41, 5.74) is 3.63. The first kappa shape index (κ1) is 16.4. The maximum atomic E-state index is 6.07. The van der Waals surface area contributed by atoms with E-state index in [-0.39, 0.29) is 5.41 Å². The van der Waals surface area contributed by atoms with Gasteiger partial charge >= 0.3 is 0 Å². The van der Waals surface area contributed by atoms with E-state index in [1.165, 1.54) is 5.56 Å². The van der Waals surface area contributed by atoms with Gasteiger partial charge in [0.2, 0.25) is 0 Å². The molecule has 0 heterocycles. The fourth-order valence-electron chi connectivity index (χ4n) is 2.10. The highest BCUT2D eigenvalue weighted by Crippen LogP contribution is 2.33. The number of aryl methyl sites for hydroxylation is 1. The zero-order valence-electron chi connectivity index (χ0n) is 12.8. The minimum atomic E-state index is 0.143. The fraction of sp³-hybridized carbons (Fsp3) is 0.333. The van der Waals surface area contributed by atoms with Gasteiger partial charge < -0.3 is 4.74 Å². The van der Waals surface area contributed by atoms with Crippen molar-refractivity contribution in [3.8, 4) is 11.5 Å². The van der Waals surface area contributed by atoms with Gasteiger partial charge in [-0.1, -0.05) is 60.4 Å². The molecule has 0 aromatic heterocycles. The molecule has 0 N–H and O–H groups in total. The number of hydrogen-bond acceptors (Lipinski definition) is 1. The van der Waals surface area contributed by atoms with Gasteiger partial charge in [-0.3, -0.25) is 0 Å². The topological polar surface area (TPSA) is 9.23 Å². The van der Waals surface area contributed by atoms with Crippen LogP contribution in [-0.4, -0.2) is 0 Å². The van der Waals surface area contributed by atoms with Crippen LogP contribution in [0.3, 0.4) is 0 Å². The van der Waals surface area contributed by atoms with E-state index < -0.39 is 0 Å². The molecule has 3 heteroatoms. The van der Waals surface area contributed by atoms with Crippen LogP contribution in [0.2, 0.25) is 5.02 Å². The summed E-state index contributed by atoms with van der Waals surface area (Å²) in [6, 6.07) is 12.1. The molecule has 0 spiro atoms. The summed E-state index contributed by atoms with van der Waals surface area (Å²) in [7, 11) is 0. The first-order valence-corrected chi connectivity index (χ1v) is 8.44. The molecule has 0 unspecified atom stereocenters. The van der Waals surface area contributed by atoms with Crippen molar-refractivity contribution in [1.82, 2.24) is 0 Å². The Morgan fingerprint density at radius 1 is 1.05 bits per heavy atom. The average Bonchev–Trinajstić information content (AvgIpc) is 2.41. The summed E-state index contributed by atoms with van der Waals surface area (Å²) in [6.07, 6.45) is 0. The summed E-state index contributed by atoms with van der Waals surface area (Å²) in [5, 5.41) is 1.43. The van der Waals surface area contributed by atoms with Crippen LogP contribution in [0.1, 0.15) is 37.5 Å². The Hall–Kier alpha value is -0.990. The highest BCUT2D eigenvalue weighted by Gasteiger charge is 2.15. The molecule has 2 aromatic rings. The van der Waals surface area contributed by atoms with Crippen molar-refractivity contribution in [2.24, 2.45) is 0 Å². The minimum Gasteiger partial charge on any atom is -0.457 e. The Balaban J connectivity index is 2.32. The Kier molecular flexibility index (Phi) is 5.00. The molecule has 0 radical (unpaired) electrons. The van der Waals surface area contributed by atoms with Crippen LogP contribution in [0.5, 0.6) is 11.5 Å². The van der Waals surface area contributed by atoms with E-state index in [1.807, 2.05) is 24.3 Å². The lowest BCUT2D eigenvalue weighted by molar-refractivity contribution is 0.473. The molecular weight excluding hydrogens is 348 g/mol. The number of hydrogen-bond donors (Lipinski definition) is 0. The summed E-state index contributed by atoms with van der Waals surface area (Å²) in [6.45, 7) is 8.72. The molecule has 2 rings (SSSR count). The lowest BCUT2D eigenvalue weighted by Gasteiger charge is -2.21. The Morgan fingerprint density at radius 2 is 1.71 bits per heavy atom. The summed E-state index contributed by atoms with van der Waals surface area (Å²) in [4.78, 5) is 0. The molecule has 0 fully saturated rings. The molecule has 0 saturated carbocycles. The highest BCUT2D eigenvalue weighted by molar-refractivity contribution is 9.08. The van der Waals surface area contributed by atoms with Crippen molar-refractivity contribution >= 4 is 27.5 Å². The molecule has 0 aliphatic carbocycles. The summed E-state index contributed by atoms with van der Waals surface area (Å²) >= 11 is 9.50. The van der Waals surface area contributed by atoms with Crippen LogP contribution in [0.15, 0.2) is 36.4 Å². The van der Waals surface area contributed by atoms with Gasteiger partial charge in [0, 0.05) is 15.9 Å². The molecule has 2 aromatic carbocycles. The third-order valence-electron chi connectivity index (χ3n) is 3.43. The number of halogens is 2. The molecular formula is C18H20BrClO. The van der Waals surface area contributed by atoms with Crippen LogP contribution in [-0.2, 0) is 10.7 Å². The summed E-state index contributed by atoms with van der Waals surface area (Å²) < 4.78 is 6.07. The molecule has 21 heavy (non-hydrogen) atoms. The van der Waals surface area contributed by atoms with Crippen molar-refractivity contribution in [2.45, 2.75) is 38.4 Å². The summed E-state index contributed by atoms with van der Waals surface area (Å²) in [5.74, 6) is 1.72. The lowest BCUT2D eigenvalue weighted by atomic mass is 9.86. The van der Waals surface area contributed by atoms with Crippen molar-refractivity contribution in [2.75, 3.05) is 0 Å². The number of ether oxygens (including phenoxy) is 1. The van der Waals surface area contributed by atoms with Crippen LogP contribution in [0, 0.1) is 6.92 Å². The third kappa shape index (κ3) is 4.02. The second kappa shape index (κ2) is 6.41. The fourth-order valence-corrected chi connectivity index (χ4v) is 2.73. The molecule has 0 amide bonds. The molecule has 1 nitrogen and oxygen atoms in total. The quantitative estimate of drug-likeness (QED) is 0.553. The molecule has 112 valence electrons. The van der Waals surface area contributed by atoms with Gasteiger partial charge in [-0.25, -0.2) is 0 Å². The van der Waals surface area contributed by atoms with E-state index in [1.54, 1.807) is 0 Å². The van der Waals surface area contributed by atoms with Crippen molar-refractivity contribution in [1.29, 1.82) is 0 Å². The molecule has 0 bridgehead atoms. The molecule has 0 aliphatic heterocycles. The minimum absolute atomic E-state index is 0.143. The first-order chi connectivity index (χ1) is 9.81. The largest absolute Gasteiger partial charge is 0.457 e. The van der Waals surface area contributed by atoms with E-state index in [9.17, 15) is 0 Å². The van der Waals surface area contributed by atoms with Crippen molar-refractivity contribution < 1.29 is 4.74 Å². The SMILES string of the molecule is Cc1cc(C(C)(C)C)ccc1Oc1ccc(Cl)cc1CBr. The van der Waals surface area contributed by atoms with E-state index in [0.717, 1.165) is 27.6 Å². The standard InChI is InChI=1S/C18H20BrClO/c1-12-9-14(18(2,3)4)5-7-16(12)21-17-8-6-15(20)10-13(17)11-19/h5-10H,11H2,1-4H3. The predicted molar refractivity (Wildman–Crippen MR) is 94.0 cm³/mol. The third-order valence-corrected chi connectivity index (χ3v) is 4.27. The van der Waals surface area contributed by atoms with Gasteiger partial charge in [0.25, 0.3) is 0 Å². The van der Waals surface area contributed by atoms with Gasteiger partial charge in [0.15, 0.2) is 0 Å². The first-order valence-electron chi connectivity index (χ1n) is 6.94. The van der Waals surface area contributed by atoms with E-state index >= 15 is 0 Å². The van der Waals surface area contributed by atoms with E-state index in [2.05, 4.69) is 55.8 Å². The Morgan fingerprint density at radius 3 is 2.29 bits per heavy atom. The molecule has 0 saturated heterocycles. The monoisotopic (exact) mass is 366 g/mol. The lowest BCUT2D eigenvalue weighted by Crippen LogP contribution is -2.11. The van der Waals surface area contributed by atoms with Crippen molar-refractivity contribution in [3.63, 3.8) is 0 Å². The number of benzene rings is 2. The Bertz CT molecular complexity index is 644. The van der Waals surface area contributed by atoms with Gasteiger partial charge in [-0.2, -0.15) is 0 Å². The second-order valence-corrected chi connectivity index (χ2v) is 7.22. The molecule has 0 aliphatic rings. The van der Waals surface area contributed by atoms with Gasteiger partial charge in [-0.05, 0) is 47.7 Å². The van der Waals surface area contributed by atoms with Crippen LogP contribution < -0.4 is 4.74 Å². The van der Waals surface area contributed by atoms with E-state index in [0.29, 0.717) is 5.33 Å². The predicted octanol–water partition coefficient (Wildman–Crippen LogP) is 6.63. The van der Waals surface area contributed by atoms with Crippen LogP contribution in [0.4, 0.5) is 0 Å². The molecule has 0 atom stereocenters. The zero-order chi connectivity index (χ0) is 15.6. The number of rotatable bonds is 3. The zero-order valence-corrected chi connectivity index (χ0v) is 15.2. The second-order valence-electron chi connectivity index (χ2n) is 6.22. The maximum absolute atomic E-state index is 6.07. The van der Waals surface area contributed by atoms with Gasteiger partial charge in [-0.15, -0.1) is 0 Å². The van der Waals surface area contributed by atoms with Crippen molar-refractivity contribution in [3.05, 3.63) is 58.1 Å². The Labute approximate surface area is 140 Å². The number of alkyl halides is 1. The van der Waals surface area contributed by atoms with Crippen LogP contribution >= 0.6 is 27.5 Å². The smallest absolute Gasteiger partial charge is 0.131 e. The maximum Gasteiger partial charge on any atom is 0.131 e. The normalized spacial score (nSPS) is 11.5. The van der Waals surface area contributed by atoms with E-state index in [4.69, 9.17) is 16.3 Å². The van der Waals surface area contributed by atoms with Crippen LogP contribution in [0.25, 0.3) is 0 Å². The van der Waals surface area contributed by atoms with Gasteiger partial charge in [0.1, 0.15) is 11.5 Å². The van der Waals surface area contributed by atoms with Gasteiger partial charge in [0.05, 0.1) is 0 Å². The average molecular weight is 368 g/mol.